The van der Waals surface area contributed by atoms with E-state index >= 15 is 0 Å². The van der Waals surface area contributed by atoms with Crippen LogP contribution in [0.1, 0.15) is 32.0 Å². The van der Waals surface area contributed by atoms with Crippen LogP contribution in [0.5, 0.6) is 0 Å². The maximum absolute atomic E-state index is 13.2. The van der Waals surface area contributed by atoms with Crippen LogP contribution < -0.4 is 5.56 Å². The third kappa shape index (κ3) is 2.98. The largest absolute Gasteiger partial charge is 0.464 e. The summed E-state index contributed by atoms with van der Waals surface area (Å²) in [6, 6.07) is 4.83. The van der Waals surface area contributed by atoms with Gasteiger partial charge in [-0.1, -0.05) is 6.92 Å². The fraction of sp³-hybridized carbons (Fsp3) is 0.333. The van der Waals surface area contributed by atoms with Gasteiger partial charge in [0.05, 0.1) is 24.2 Å². The SMILES string of the molecule is CCOC(=O)C(CC)n1nc(C)c2cnn(-c3ccc(F)cc3)c2c1=O. The van der Waals surface area contributed by atoms with Crippen molar-refractivity contribution in [3.63, 3.8) is 0 Å². The molecule has 0 aliphatic heterocycles. The molecule has 0 amide bonds. The molecule has 26 heavy (non-hydrogen) atoms. The first-order valence-electron chi connectivity index (χ1n) is 8.37. The quantitative estimate of drug-likeness (QED) is 0.655. The number of halogens is 1. The molecule has 8 heteroatoms. The maximum atomic E-state index is 13.2. The van der Waals surface area contributed by atoms with Crippen LogP contribution in [0.25, 0.3) is 16.6 Å². The lowest BCUT2D eigenvalue weighted by Gasteiger charge is -2.16. The molecular formula is C18H19FN4O3. The van der Waals surface area contributed by atoms with Crippen LogP contribution in [0.3, 0.4) is 0 Å². The number of carbonyl (C=O) groups excluding carboxylic acids is 1. The van der Waals surface area contributed by atoms with Crippen molar-refractivity contribution in [3.05, 3.63) is 52.3 Å². The summed E-state index contributed by atoms with van der Waals surface area (Å²) < 4.78 is 20.8. The normalized spacial score (nSPS) is 12.3. The molecule has 0 aliphatic rings. The maximum Gasteiger partial charge on any atom is 0.331 e. The van der Waals surface area contributed by atoms with Gasteiger partial charge in [-0.25, -0.2) is 18.5 Å². The van der Waals surface area contributed by atoms with Gasteiger partial charge in [0.15, 0.2) is 6.04 Å². The second-order valence-electron chi connectivity index (χ2n) is 5.81. The number of nitrogens with zero attached hydrogens (tertiary/aromatic N) is 4. The van der Waals surface area contributed by atoms with Crippen LogP contribution in [-0.4, -0.2) is 32.1 Å². The molecule has 2 heterocycles. The Labute approximate surface area is 149 Å². The average molecular weight is 358 g/mol. The van der Waals surface area contributed by atoms with E-state index in [0.29, 0.717) is 23.2 Å². The molecular weight excluding hydrogens is 339 g/mol. The minimum absolute atomic E-state index is 0.221. The summed E-state index contributed by atoms with van der Waals surface area (Å²) in [7, 11) is 0. The Morgan fingerprint density at radius 2 is 1.96 bits per heavy atom. The zero-order valence-corrected chi connectivity index (χ0v) is 14.8. The van der Waals surface area contributed by atoms with Crippen LogP contribution in [-0.2, 0) is 9.53 Å². The van der Waals surface area contributed by atoms with E-state index in [4.69, 9.17) is 4.74 Å². The molecule has 7 nitrogen and oxygen atoms in total. The first kappa shape index (κ1) is 17.8. The van der Waals surface area contributed by atoms with Crippen molar-refractivity contribution >= 4 is 16.9 Å². The highest BCUT2D eigenvalue weighted by molar-refractivity contribution is 5.82. The zero-order valence-electron chi connectivity index (χ0n) is 14.8. The monoisotopic (exact) mass is 358 g/mol. The van der Waals surface area contributed by atoms with E-state index in [2.05, 4.69) is 10.2 Å². The molecule has 0 bridgehead atoms. The van der Waals surface area contributed by atoms with E-state index in [1.165, 1.54) is 35.1 Å². The van der Waals surface area contributed by atoms with Gasteiger partial charge in [0, 0.05) is 5.39 Å². The van der Waals surface area contributed by atoms with Gasteiger partial charge in [-0.2, -0.15) is 10.2 Å². The second-order valence-corrected chi connectivity index (χ2v) is 5.81. The number of fused-ring (bicyclic) bond motifs is 1. The van der Waals surface area contributed by atoms with Crippen LogP contribution in [0.2, 0.25) is 0 Å². The van der Waals surface area contributed by atoms with Crippen molar-refractivity contribution < 1.29 is 13.9 Å². The zero-order chi connectivity index (χ0) is 18.8. The first-order chi connectivity index (χ1) is 12.5. The van der Waals surface area contributed by atoms with E-state index in [0.717, 1.165) is 4.68 Å². The Morgan fingerprint density at radius 3 is 2.58 bits per heavy atom. The standard InChI is InChI=1S/C18H19FN4O3/c1-4-15(18(25)26-5-2)23-17(24)16-14(11(3)21-23)10-20-22(16)13-8-6-12(19)7-9-13/h6-10,15H,4-5H2,1-3H3. The summed E-state index contributed by atoms with van der Waals surface area (Å²) in [5.74, 6) is -0.884. The van der Waals surface area contributed by atoms with Gasteiger partial charge < -0.3 is 4.74 Å². The van der Waals surface area contributed by atoms with Crippen LogP contribution in [0, 0.1) is 12.7 Å². The third-order valence-electron chi connectivity index (χ3n) is 4.14. The van der Waals surface area contributed by atoms with Crippen LogP contribution in [0.4, 0.5) is 4.39 Å². The van der Waals surface area contributed by atoms with Gasteiger partial charge in [0.1, 0.15) is 11.3 Å². The summed E-state index contributed by atoms with van der Waals surface area (Å²) in [6.45, 7) is 5.46. The summed E-state index contributed by atoms with van der Waals surface area (Å²) in [5, 5.41) is 9.11. The van der Waals surface area contributed by atoms with Crippen molar-refractivity contribution in [2.24, 2.45) is 0 Å². The molecule has 0 fully saturated rings. The molecule has 0 saturated heterocycles. The summed E-state index contributed by atoms with van der Waals surface area (Å²) in [6.07, 6.45) is 1.90. The van der Waals surface area contributed by atoms with Crippen molar-refractivity contribution in [2.45, 2.75) is 33.2 Å². The molecule has 3 aromatic rings. The molecule has 3 rings (SSSR count). The van der Waals surface area contributed by atoms with Crippen molar-refractivity contribution in [1.29, 1.82) is 0 Å². The third-order valence-corrected chi connectivity index (χ3v) is 4.14. The van der Waals surface area contributed by atoms with Crippen molar-refractivity contribution in [2.75, 3.05) is 6.61 Å². The summed E-state index contributed by atoms with van der Waals surface area (Å²) in [4.78, 5) is 25.3. The minimum Gasteiger partial charge on any atom is -0.464 e. The van der Waals surface area contributed by atoms with Gasteiger partial charge in [-0.05, 0) is 44.5 Å². The Bertz CT molecular complexity index is 1010. The van der Waals surface area contributed by atoms with Gasteiger partial charge in [-0.15, -0.1) is 0 Å². The Hall–Kier alpha value is -3.03. The van der Waals surface area contributed by atoms with Gasteiger partial charge >= 0.3 is 5.97 Å². The fourth-order valence-electron chi connectivity index (χ4n) is 2.86. The van der Waals surface area contributed by atoms with Crippen molar-refractivity contribution in [1.82, 2.24) is 19.6 Å². The Kier molecular flexibility index (Phi) is 4.83. The van der Waals surface area contributed by atoms with Crippen LogP contribution >= 0.6 is 0 Å². The Balaban J connectivity index is 2.23. The number of benzene rings is 1. The lowest BCUT2D eigenvalue weighted by Crippen LogP contribution is -2.34. The lowest BCUT2D eigenvalue weighted by atomic mass is 10.2. The van der Waals surface area contributed by atoms with Gasteiger partial charge in [0.25, 0.3) is 5.56 Å². The second kappa shape index (κ2) is 7.07. The highest BCUT2D eigenvalue weighted by atomic mass is 19.1. The molecule has 0 radical (unpaired) electrons. The number of aromatic nitrogens is 4. The number of carbonyl (C=O) groups is 1. The van der Waals surface area contributed by atoms with Crippen LogP contribution in [0.15, 0.2) is 35.3 Å². The fourth-order valence-corrected chi connectivity index (χ4v) is 2.86. The summed E-state index contributed by atoms with van der Waals surface area (Å²) in [5.41, 5.74) is 0.940. The summed E-state index contributed by atoms with van der Waals surface area (Å²) >= 11 is 0. The molecule has 1 unspecified atom stereocenters. The predicted molar refractivity (Wildman–Crippen MR) is 93.8 cm³/mol. The number of hydrogen-bond acceptors (Lipinski definition) is 5. The Morgan fingerprint density at radius 1 is 1.27 bits per heavy atom. The topological polar surface area (TPSA) is 79.0 Å². The predicted octanol–water partition coefficient (Wildman–Crippen LogP) is 2.54. The highest BCUT2D eigenvalue weighted by Crippen LogP contribution is 2.19. The highest BCUT2D eigenvalue weighted by Gasteiger charge is 2.25. The van der Waals surface area contributed by atoms with E-state index in [1.807, 2.05) is 0 Å². The van der Waals surface area contributed by atoms with Gasteiger partial charge in [-0.3, -0.25) is 4.79 Å². The van der Waals surface area contributed by atoms with E-state index < -0.39 is 17.6 Å². The molecule has 1 aromatic carbocycles. The lowest BCUT2D eigenvalue weighted by molar-refractivity contribution is -0.147. The van der Waals surface area contributed by atoms with Crippen molar-refractivity contribution in [3.8, 4) is 5.69 Å². The number of aryl methyl sites for hydroxylation is 1. The number of hydrogen-bond donors (Lipinski definition) is 0. The van der Waals surface area contributed by atoms with Gasteiger partial charge in [0.2, 0.25) is 0 Å². The number of esters is 1. The first-order valence-corrected chi connectivity index (χ1v) is 8.37. The van der Waals surface area contributed by atoms with E-state index in [9.17, 15) is 14.0 Å². The smallest absolute Gasteiger partial charge is 0.331 e. The molecule has 0 N–H and O–H groups in total. The molecule has 2 aromatic heterocycles. The van der Waals surface area contributed by atoms with E-state index in [1.54, 1.807) is 20.8 Å². The molecule has 1 atom stereocenters. The molecule has 136 valence electrons. The molecule has 0 spiro atoms. The van der Waals surface area contributed by atoms with E-state index in [-0.39, 0.29) is 17.9 Å². The number of rotatable bonds is 5. The number of ether oxygens (including phenoxy) is 1. The molecule has 0 aliphatic carbocycles. The molecule has 0 saturated carbocycles. The average Bonchev–Trinajstić information content (AvgIpc) is 3.06. The minimum atomic E-state index is -0.817.